The molecule has 0 aliphatic heterocycles. The summed E-state index contributed by atoms with van der Waals surface area (Å²) in [6.07, 6.45) is 3.52. The molecule has 0 saturated heterocycles. The van der Waals surface area contributed by atoms with Gasteiger partial charge in [-0.1, -0.05) is 31.5 Å². The van der Waals surface area contributed by atoms with Crippen LogP contribution in [-0.2, 0) is 22.6 Å². The van der Waals surface area contributed by atoms with E-state index in [4.69, 9.17) is 11.6 Å². The van der Waals surface area contributed by atoms with Gasteiger partial charge in [0.05, 0.1) is 24.0 Å². The summed E-state index contributed by atoms with van der Waals surface area (Å²) in [7, 11) is 3.18. The Balaban J connectivity index is 1.82. The van der Waals surface area contributed by atoms with Crippen LogP contribution in [0.5, 0.6) is 0 Å². The van der Waals surface area contributed by atoms with Gasteiger partial charge in [0, 0.05) is 25.2 Å². The lowest BCUT2D eigenvalue weighted by Gasteiger charge is -2.17. The molecule has 0 aliphatic carbocycles. The van der Waals surface area contributed by atoms with Gasteiger partial charge in [-0.05, 0) is 49.5 Å². The summed E-state index contributed by atoms with van der Waals surface area (Å²) in [5, 5.41) is 14.2. The molecule has 13 heteroatoms. The van der Waals surface area contributed by atoms with Crippen molar-refractivity contribution in [3.8, 4) is 0 Å². The molecule has 0 spiro atoms. The Hall–Kier alpha value is -4.19. The molecule has 3 amide bonds. The Labute approximate surface area is 235 Å². The SMILES string of the molecule is CC(C)Cc1ncc(F)c2cc(Cn3c(Cl)ccc(NC(=O)C(CCC=CC(=O)N(C)C)NC(=O)O)c3=O)[nH]c12. The van der Waals surface area contributed by atoms with Crippen molar-refractivity contribution in [2.24, 2.45) is 5.92 Å². The van der Waals surface area contributed by atoms with Crippen LogP contribution in [-0.4, -0.2) is 62.6 Å². The van der Waals surface area contributed by atoms with Crippen molar-refractivity contribution in [1.29, 1.82) is 0 Å². The zero-order valence-electron chi connectivity index (χ0n) is 22.6. The Morgan fingerprint density at radius 2 is 2.00 bits per heavy atom. The number of H-pyrrole nitrogens is 1. The summed E-state index contributed by atoms with van der Waals surface area (Å²) in [5.74, 6) is -1.21. The lowest BCUT2D eigenvalue weighted by Crippen LogP contribution is -2.44. The number of halogens is 2. The monoisotopic (exact) mass is 574 g/mol. The van der Waals surface area contributed by atoms with E-state index in [1.54, 1.807) is 20.2 Å². The topological polar surface area (TPSA) is 149 Å². The summed E-state index contributed by atoms with van der Waals surface area (Å²) in [4.78, 5) is 57.8. The number of rotatable bonds is 11. The summed E-state index contributed by atoms with van der Waals surface area (Å²) in [6.45, 7) is 4.01. The predicted octanol–water partition coefficient (Wildman–Crippen LogP) is 3.76. The lowest BCUT2D eigenvalue weighted by molar-refractivity contribution is -0.123. The van der Waals surface area contributed by atoms with Gasteiger partial charge in [-0.3, -0.25) is 23.9 Å². The van der Waals surface area contributed by atoms with Gasteiger partial charge in [0.2, 0.25) is 11.8 Å². The van der Waals surface area contributed by atoms with Gasteiger partial charge in [0.25, 0.3) is 5.56 Å². The molecule has 4 N–H and O–H groups in total. The second kappa shape index (κ2) is 13.2. The summed E-state index contributed by atoms with van der Waals surface area (Å²) in [5.41, 5.74) is 1.00. The largest absolute Gasteiger partial charge is 0.465 e. The second-order valence-electron chi connectivity index (χ2n) is 9.90. The number of fused-ring (bicyclic) bond motifs is 1. The maximum Gasteiger partial charge on any atom is 0.405 e. The van der Waals surface area contributed by atoms with Crippen molar-refractivity contribution in [2.75, 3.05) is 19.4 Å². The number of nitrogens with one attached hydrogen (secondary N) is 3. The minimum Gasteiger partial charge on any atom is -0.465 e. The minimum atomic E-state index is -1.42. The third-order valence-corrected chi connectivity index (χ3v) is 6.33. The smallest absolute Gasteiger partial charge is 0.405 e. The van der Waals surface area contributed by atoms with Crippen LogP contribution in [0.4, 0.5) is 14.9 Å². The molecule has 0 aliphatic rings. The predicted molar refractivity (Wildman–Crippen MR) is 150 cm³/mol. The van der Waals surface area contributed by atoms with Gasteiger partial charge in [-0.15, -0.1) is 0 Å². The third kappa shape index (κ3) is 7.69. The third-order valence-electron chi connectivity index (χ3n) is 6.00. The molecule has 214 valence electrons. The molecular weight excluding hydrogens is 543 g/mol. The Kier molecular flexibility index (Phi) is 10.1. The number of carbonyl (C=O) groups is 3. The molecule has 0 fully saturated rings. The van der Waals surface area contributed by atoms with Crippen molar-refractivity contribution >= 4 is 46.1 Å². The number of carbonyl (C=O) groups excluding carboxylic acids is 2. The fraction of sp³-hybridized carbons (Fsp3) is 0.370. The summed E-state index contributed by atoms with van der Waals surface area (Å²) >= 11 is 6.30. The van der Waals surface area contributed by atoms with Crippen molar-refractivity contribution in [3.05, 3.63) is 69.3 Å². The molecule has 0 aromatic carbocycles. The van der Waals surface area contributed by atoms with E-state index in [9.17, 15) is 28.7 Å². The van der Waals surface area contributed by atoms with Crippen LogP contribution in [0.3, 0.4) is 0 Å². The molecule has 1 atom stereocenters. The first-order valence-electron chi connectivity index (χ1n) is 12.6. The number of likely N-dealkylation sites (N-methyl/N-ethyl adjacent to an activating group) is 1. The van der Waals surface area contributed by atoms with Crippen molar-refractivity contribution in [3.63, 3.8) is 0 Å². The first-order valence-corrected chi connectivity index (χ1v) is 13.0. The van der Waals surface area contributed by atoms with Crippen LogP contribution in [0.25, 0.3) is 10.9 Å². The maximum absolute atomic E-state index is 14.5. The highest BCUT2D eigenvalue weighted by molar-refractivity contribution is 6.29. The van der Waals surface area contributed by atoms with Crippen molar-refractivity contribution in [1.82, 2.24) is 24.8 Å². The zero-order valence-corrected chi connectivity index (χ0v) is 23.4. The molecule has 3 rings (SSSR count). The van der Waals surface area contributed by atoms with E-state index in [1.807, 2.05) is 13.8 Å². The Morgan fingerprint density at radius 1 is 1.27 bits per heavy atom. The minimum absolute atomic E-state index is 0.0435. The van der Waals surface area contributed by atoms with E-state index < -0.39 is 29.4 Å². The van der Waals surface area contributed by atoms with Crippen molar-refractivity contribution < 1.29 is 23.9 Å². The number of carboxylic acid groups (broad SMARTS) is 1. The van der Waals surface area contributed by atoms with E-state index in [0.717, 1.165) is 0 Å². The molecule has 1 unspecified atom stereocenters. The van der Waals surface area contributed by atoms with Crippen LogP contribution in [0.1, 0.15) is 38.1 Å². The van der Waals surface area contributed by atoms with Gasteiger partial charge in [0.15, 0.2) is 5.82 Å². The molecule has 3 aromatic heterocycles. The fourth-order valence-electron chi connectivity index (χ4n) is 4.02. The fourth-order valence-corrected chi connectivity index (χ4v) is 4.22. The van der Waals surface area contributed by atoms with Gasteiger partial charge in [0.1, 0.15) is 16.9 Å². The van der Waals surface area contributed by atoms with Crippen LogP contribution >= 0.6 is 11.6 Å². The van der Waals surface area contributed by atoms with Crippen LogP contribution in [0.2, 0.25) is 5.15 Å². The summed E-state index contributed by atoms with van der Waals surface area (Å²) in [6, 6.07) is 3.14. The molecule has 3 aromatic rings. The number of nitrogens with zero attached hydrogens (tertiary/aromatic N) is 3. The molecule has 0 bridgehead atoms. The van der Waals surface area contributed by atoms with Crippen LogP contribution in [0, 0.1) is 11.7 Å². The van der Waals surface area contributed by atoms with Crippen molar-refractivity contribution in [2.45, 2.75) is 45.7 Å². The van der Waals surface area contributed by atoms with Gasteiger partial charge < -0.3 is 25.6 Å². The maximum atomic E-state index is 14.5. The van der Waals surface area contributed by atoms with E-state index in [0.29, 0.717) is 34.6 Å². The number of pyridine rings is 2. The lowest BCUT2D eigenvalue weighted by atomic mass is 10.1. The number of anilines is 1. The van der Waals surface area contributed by atoms with E-state index in [-0.39, 0.29) is 36.1 Å². The highest BCUT2D eigenvalue weighted by atomic mass is 35.5. The molecule has 40 heavy (non-hydrogen) atoms. The first kappa shape index (κ1) is 30.4. The molecule has 0 saturated carbocycles. The molecular formula is C27H32ClFN6O5. The number of aromatic nitrogens is 3. The number of aromatic amines is 1. The number of hydrogen-bond acceptors (Lipinski definition) is 5. The van der Waals surface area contributed by atoms with Crippen LogP contribution < -0.4 is 16.2 Å². The second-order valence-corrected chi connectivity index (χ2v) is 10.3. The van der Waals surface area contributed by atoms with Gasteiger partial charge >= 0.3 is 6.09 Å². The quantitative estimate of drug-likeness (QED) is 0.202. The Bertz CT molecular complexity index is 1500. The normalized spacial score (nSPS) is 12.2. The molecule has 11 nitrogen and oxygen atoms in total. The van der Waals surface area contributed by atoms with Gasteiger partial charge in [-0.2, -0.15) is 0 Å². The number of amides is 3. The number of allylic oxidation sites excluding steroid dienone is 1. The average molecular weight is 575 g/mol. The van der Waals surface area contributed by atoms with E-state index >= 15 is 0 Å². The zero-order chi connectivity index (χ0) is 29.6. The molecule has 0 radical (unpaired) electrons. The average Bonchev–Trinajstić information content (AvgIpc) is 3.31. The number of hydrogen-bond donors (Lipinski definition) is 4. The van der Waals surface area contributed by atoms with Gasteiger partial charge in [-0.25, -0.2) is 9.18 Å². The van der Waals surface area contributed by atoms with E-state index in [2.05, 4.69) is 20.6 Å². The summed E-state index contributed by atoms with van der Waals surface area (Å²) < 4.78 is 15.7. The highest BCUT2D eigenvalue weighted by Crippen LogP contribution is 2.24. The standard InChI is InChI=1S/C27H32ClFN6O5/c1-15(2)11-21-24-17(18(29)13-30-21)12-16(31-24)14-35-22(28)10-9-20(26(35)38)32-25(37)19(33-27(39)40)7-5-6-8-23(36)34(3)4/h6,8-10,12-13,15,19,31,33H,5,7,11,14H2,1-4H3,(H,32,37)(H,39,40). The van der Waals surface area contributed by atoms with E-state index in [1.165, 1.54) is 39.9 Å². The van der Waals surface area contributed by atoms with Crippen LogP contribution in [0.15, 0.2) is 41.3 Å². The molecule has 3 heterocycles. The highest BCUT2D eigenvalue weighted by Gasteiger charge is 2.22. The Morgan fingerprint density at radius 3 is 2.65 bits per heavy atom. The first-order chi connectivity index (χ1) is 18.9.